The summed E-state index contributed by atoms with van der Waals surface area (Å²) in [4.78, 5) is 12.2. The van der Waals surface area contributed by atoms with Crippen LogP contribution in [0.3, 0.4) is 0 Å². The summed E-state index contributed by atoms with van der Waals surface area (Å²) in [5.74, 6) is -0.527. The van der Waals surface area contributed by atoms with Gasteiger partial charge in [0.25, 0.3) is 0 Å². The summed E-state index contributed by atoms with van der Waals surface area (Å²) >= 11 is 0. The van der Waals surface area contributed by atoms with E-state index in [-0.39, 0.29) is 10.6 Å². The van der Waals surface area contributed by atoms with E-state index in [9.17, 15) is 13.2 Å². The van der Waals surface area contributed by atoms with Crippen LogP contribution in [0.4, 0.5) is 0 Å². The molecule has 0 atom stereocenters. The predicted molar refractivity (Wildman–Crippen MR) is 88.9 cm³/mol. The standard InChI is InChI=1S/C18H20O4S/c1-18(2,3)22-17(19)15-11-9-14(10-12-15)13-23(20,21)16-7-5-4-6-8-16/h4-12H,13H2,1-3H3. The van der Waals surface area contributed by atoms with E-state index in [1.807, 2.05) is 0 Å². The zero-order chi connectivity index (χ0) is 17.1. The van der Waals surface area contributed by atoms with Crippen LogP contribution in [0.2, 0.25) is 0 Å². The smallest absolute Gasteiger partial charge is 0.338 e. The zero-order valence-corrected chi connectivity index (χ0v) is 14.3. The third-order valence-electron chi connectivity index (χ3n) is 3.05. The molecular weight excluding hydrogens is 312 g/mol. The fourth-order valence-corrected chi connectivity index (χ4v) is 3.37. The van der Waals surface area contributed by atoms with Crippen LogP contribution >= 0.6 is 0 Å². The van der Waals surface area contributed by atoms with Crippen molar-refractivity contribution in [3.05, 3.63) is 65.7 Å². The minimum atomic E-state index is -3.39. The average molecular weight is 332 g/mol. The molecule has 0 spiro atoms. The van der Waals surface area contributed by atoms with Gasteiger partial charge in [0.1, 0.15) is 5.60 Å². The highest BCUT2D eigenvalue weighted by atomic mass is 32.2. The molecule has 0 saturated heterocycles. The molecule has 2 rings (SSSR count). The Bertz CT molecular complexity index is 770. The molecule has 0 saturated carbocycles. The molecule has 0 radical (unpaired) electrons. The van der Waals surface area contributed by atoms with Crippen LogP contribution < -0.4 is 0 Å². The monoisotopic (exact) mass is 332 g/mol. The summed E-state index contributed by atoms with van der Waals surface area (Å²) < 4.78 is 29.9. The van der Waals surface area contributed by atoms with E-state index in [0.717, 1.165) is 0 Å². The van der Waals surface area contributed by atoms with Crippen molar-refractivity contribution in [1.82, 2.24) is 0 Å². The second kappa shape index (κ2) is 6.54. The number of sulfone groups is 1. The molecule has 5 heteroatoms. The largest absolute Gasteiger partial charge is 0.456 e. The number of esters is 1. The zero-order valence-electron chi connectivity index (χ0n) is 13.4. The summed E-state index contributed by atoms with van der Waals surface area (Å²) in [7, 11) is -3.39. The topological polar surface area (TPSA) is 60.4 Å². The minimum Gasteiger partial charge on any atom is -0.456 e. The van der Waals surface area contributed by atoms with Crippen LogP contribution in [0, 0.1) is 0 Å². The molecule has 0 aromatic heterocycles. The highest BCUT2D eigenvalue weighted by Gasteiger charge is 2.19. The van der Waals surface area contributed by atoms with Gasteiger partial charge < -0.3 is 4.74 Å². The lowest BCUT2D eigenvalue weighted by molar-refractivity contribution is 0.00695. The first-order chi connectivity index (χ1) is 10.7. The van der Waals surface area contributed by atoms with Crippen molar-refractivity contribution in [3.63, 3.8) is 0 Å². The molecular formula is C18H20O4S. The summed E-state index contributed by atoms with van der Waals surface area (Å²) in [6, 6.07) is 14.8. The van der Waals surface area contributed by atoms with E-state index in [1.54, 1.807) is 75.4 Å². The minimum absolute atomic E-state index is 0.106. The summed E-state index contributed by atoms with van der Waals surface area (Å²) in [5, 5.41) is 0. The number of ether oxygens (including phenoxy) is 1. The first-order valence-electron chi connectivity index (χ1n) is 7.27. The van der Waals surface area contributed by atoms with E-state index in [2.05, 4.69) is 0 Å². The summed E-state index contributed by atoms with van der Waals surface area (Å²) in [6.45, 7) is 5.39. The quantitative estimate of drug-likeness (QED) is 0.802. The molecule has 2 aromatic rings. The van der Waals surface area contributed by atoms with Gasteiger partial charge in [-0.25, -0.2) is 13.2 Å². The molecule has 4 nitrogen and oxygen atoms in total. The van der Waals surface area contributed by atoms with Crippen molar-refractivity contribution in [1.29, 1.82) is 0 Å². The lowest BCUT2D eigenvalue weighted by Crippen LogP contribution is -2.23. The predicted octanol–water partition coefficient (Wildman–Crippen LogP) is 3.62. The maximum absolute atomic E-state index is 12.3. The first-order valence-corrected chi connectivity index (χ1v) is 8.93. The van der Waals surface area contributed by atoms with Gasteiger partial charge in [0, 0.05) is 0 Å². The Hall–Kier alpha value is -2.14. The van der Waals surface area contributed by atoms with Crippen molar-refractivity contribution in [3.8, 4) is 0 Å². The van der Waals surface area contributed by atoms with Crippen molar-refractivity contribution >= 4 is 15.8 Å². The van der Waals surface area contributed by atoms with Crippen LogP contribution in [0.5, 0.6) is 0 Å². The molecule has 0 aliphatic carbocycles. The van der Waals surface area contributed by atoms with Crippen molar-refractivity contribution in [2.24, 2.45) is 0 Å². The van der Waals surface area contributed by atoms with Crippen molar-refractivity contribution < 1.29 is 17.9 Å². The SMILES string of the molecule is CC(C)(C)OC(=O)c1ccc(CS(=O)(=O)c2ccccc2)cc1. The van der Waals surface area contributed by atoms with Crippen LogP contribution in [0.1, 0.15) is 36.7 Å². The number of rotatable bonds is 4. The fourth-order valence-electron chi connectivity index (χ4n) is 2.00. The van der Waals surface area contributed by atoms with E-state index in [1.165, 1.54) is 0 Å². The lowest BCUT2D eigenvalue weighted by Gasteiger charge is -2.19. The number of benzene rings is 2. The van der Waals surface area contributed by atoms with Crippen LogP contribution in [-0.4, -0.2) is 20.0 Å². The molecule has 122 valence electrons. The Balaban J connectivity index is 2.13. The van der Waals surface area contributed by atoms with Gasteiger partial charge in [-0.3, -0.25) is 0 Å². The second-order valence-electron chi connectivity index (χ2n) is 6.27. The number of hydrogen-bond acceptors (Lipinski definition) is 4. The molecule has 0 amide bonds. The Labute approximate surface area is 137 Å². The van der Waals surface area contributed by atoms with E-state index in [0.29, 0.717) is 11.1 Å². The van der Waals surface area contributed by atoms with Gasteiger partial charge in [0.15, 0.2) is 9.84 Å². The van der Waals surface area contributed by atoms with Gasteiger partial charge in [0.05, 0.1) is 16.2 Å². The van der Waals surface area contributed by atoms with Gasteiger partial charge in [-0.1, -0.05) is 30.3 Å². The Morgan fingerprint density at radius 2 is 1.52 bits per heavy atom. The Kier molecular flexibility index (Phi) is 4.90. The van der Waals surface area contributed by atoms with Gasteiger partial charge >= 0.3 is 5.97 Å². The van der Waals surface area contributed by atoms with Gasteiger partial charge in [-0.15, -0.1) is 0 Å². The molecule has 0 N–H and O–H groups in total. The van der Waals surface area contributed by atoms with E-state index < -0.39 is 21.4 Å². The second-order valence-corrected chi connectivity index (χ2v) is 8.26. The number of carbonyl (C=O) groups excluding carboxylic acids is 1. The Morgan fingerprint density at radius 1 is 0.957 bits per heavy atom. The van der Waals surface area contributed by atoms with E-state index >= 15 is 0 Å². The molecule has 0 fully saturated rings. The normalized spacial score (nSPS) is 12.0. The van der Waals surface area contributed by atoms with Crippen LogP contribution in [-0.2, 0) is 20.3 Å². The molecule has 0 unspecified atom stereocenters. The van der Waals surface area contributed by atoms with Crippen molar-refractivity contribution in [2.45, 2.75) is 37.0 Å². The lowest BCUT2D eigenvalue weighted by atomic mass is 10.1. The maximum Gasteiger partial charge on any atom is 0.338 e. The molecule has 2 aromatic carbocycles. The number of hydrogen-bond donors (Lipinski definition) is 0. The fraction of sp³-hybridized carbons (Fsp3) is 0.278. The van der Waals surface area contributed by atoms with Gasteiger partial charge in [0.2, 0.25) is 0 Å². The number of carbonyl (C=O) groups is 1. The Morgan fingerprint density at radius 3 is 2.04 bits per heavy atom. The summed E-state index contributed by atoms with van der Waals surface area (Å²) in [6.07, 6.45) is 0. The van der Waals surface area contributed by atoms with Crippen LogP contribution in [0.25, 0.3) is 0 Å². The molecule has 23 heavy (non-hydrogen) atoms. The molecule has 0 heterocycles. The van der Waals surface area contributed by atoms with Gasteiger partial charge in [-0.2, -0.15) is 0 Å². The van der Waals surface area contributed by atoms with Gasteiger partial charge in [-0.05, 0) is 50.6 Å². The molecule has 0 aliphatic heterocycles. The van der Waals surface area contributed by atoms with E-state index in [4.69, 9.17) is 4.74 Å². The maximum atomic E-state index is 12.3. The highest BCUT2D eigenvalue weighted by molar-refractivity contribution is 7.90. The highest BCUT2D eigenvalue weighted by Crippen LogP contribution is 2.18. The van der Waals surface area contributed by atoms with Crippen LogP contribution in [0.15, 0.2) is 59.5 Å². The van der Waals surface area contributed by atoms with Crippen molar-refractivity contribution in [2.75, 3.05) is 0 Å². The molecule has 0 aliphatic rings. The summed E-state index contributed by atoms with van der Waals surface area (Å²) in [5.41, 5.74) is 0.466. The average Bonchev–Trinajstić information content (AvgIpc) is 2.47. The molecule has 0 bridgehead atoms. The third kappa shape index (κ3) is 4.93. The third-order valence-corrected chi connectivity index (χ3v) is 4.75. The first kappa shape index (κ1) is 17.2.